The molecular formula is C20H17ClN4O3. The molecule has 2 heterocycles. The largest absolute Gasteiger partial charge is 0.454 e. The van der Waals surface area contributed by atoms with Crippen molar-refractivity contribution in [1.29, 1.82) is 0 Å². The fourth-order valence-electron chi connectivity index (χ4n) is 2.75. The summed E-state index contributed by atoms with van der Waals surface area (Å²) in [6, 6.07) is 16.4. The van der Waals surface area contributed by atoms with Gasteiger partial charge in [-0.1, -0.05) is 23.7 Å². The summed E-state index contributed by atoms with van der Waals surface area (Å²) in [5.74, 6) is 1.63. The van der Waals surface area contributed by atoms with Crippen molar-refractivity contribution >= 4 is 29.0 Å². The quantitative estimate of drug-likeness (QED) is 0.662. The maximum atomic E-state index is 12.2. The maximum absolute atomic E-state index is 12.2. The summed E-state index contributed by atoms with van der Waals surface area (Å²) in [6.07, 6.45) is 0.684. The highest BCUT2D eigenvalue weighted by Gasteiger charge is 2.14. The molecule has 0 aliphatic carbocycles. The molecule has 0 unspecified atom stereocenters. The van der Waals surface area contributed by atoms with E-state index < -0.39 is 0 Å². The van der Waals surface area contributed by atoms with Crippen LogP contribution in [-0.4, -0.2) is 29.4 Å². The minimum Gasteiger partial charge on any atom is -0.454 e. The van der Waals surface area contributed by atoms with E-state index in [1.165, 1.54) is 0 Å². The van der Waals surface area contributed by atoms with Crippen LogP contribution >= 0.6 is 11.6 Å². The van der Waals surface area contributed by atoms with E-state index in [2.05, 4.69) is 20.8 Å². The molecular weight excluding hydrogens is 380 g/mol. The molecule has 0 saturated carbocycles. The number of rotatable bonds is 6. The first-order valence-corrected chi connectivity index (χ1v) is 9.08. The molecule has 0 radical (unpaired) electrons. The third kappa shape index (κ3) is 4.32. The zero-order chi connectivity index (χ0) is 19.3. The first-order valence-electron chi connectivity index (χ1n) is 8.70. The number of benzene rings is 2. The number of ether oxygens (including phenoxy) is 2. The summed E-state index contributed by atoms with van der Waals surface area (Å²) in [4.78, 5) is 12.2. The Morgan fingerprint density at radius 3 is 2.75 bits per heavy atom. The number of nitrogens with one attached hydrogen (secondary N) is 2. The van der Waals surface area contributed by atoms with Crippen molar-refractivity contribution in [1.82, 2.24) is 15.5 Å². The molecule has 28 heavy (non-hydrogen) atoms. The van der Waals surface area contributed by atoms with E-state index in [0.29, 0.717) is 35.3 Å². The number of hydrogen-bond donors (Lipinski definition) is 2. The second-order valence-electron chi connectivity index (χ2n) is 6.13. The smallest absolute Gasteiger partial charge is 0.271 e. The lowest BCUT2D eigenvalue weighted by atomic mass is 10.1. The van der Waals surface area contributed by atoms with Gasteiger partial charge in [0.15, 0.2) is 23.0 Å². The highest BCUT2D eigenvalue weighted by Crippen LogP contribution is 2.34. The van der Waals surface area contributed by atoms with Crippen molar-refractivity contribution in [3.63, 3.8) is 0 Å². The van der Waals surface area contributed by atoms with Crippen LogP contribution in [0, 0.1) is 0 Å². The number of halogens is 1. The maximum Gasteiger partial charge on any atom is 0.271 e. The first-order chi connectivity index (χ1) is 13.7. The predicted molar refractivity (Wildman–Crippen MR) is 105 cm³/mol. The van der Waals surface area contributed by atoms with Crippen LogP contribution in [0.2, 0.25) is 5.02 Å². The third-order valence-electron chi connectivity index (χ3n) is 4.13. The van der Waals surface area contributed by atoms with Gasteiger partial charge in [-0.2, -0.15) is 0 Å². The minimum absolute atomic E-state index is 0.222. The second-order valence-corrected chi connectivity index (χ2v) is 6.57. The molecule has 142 valence electrons. The van der Waals surface area contributed by atoms with E-state index in [4.69, 9.17) is 21.1 Å². The number of amides is 1. The summed E-state index contributed by atoms with van der Waals surface area (Å²) in [5, 5.41) is 14.7. The van der Waals surface area contributed by atoms with Gasteiger partial charge in [0.05, 0.1) is 0 Å². The molecule has 1 aromatic heterocycles. The number of anilines is 2. The van der Waals surface area contributed by atoms with E-state index in [0.717, 1.165) is 11.3 Å². The average molecular weight is 397 g/mol. The van der Waals surface area contributed by atoms with Gasteiger partial charge in [0.2, 0.25) is 6.79 Å². The Balaban J connectivity index is 1.31. The molecule has 0 fully saturated rings. The lowest BCUT2D eigenvalue weighted by Crippen LogP contribution is -2.26. The number of nitrogens with zero attached hydrogens (tertiary/aromatic N) is 2. The van der Waals surface area contributed by atoms with Gasteiger partial charge in [0.1, 0.15) is 0 Å². The SMILES string of the molecule is O=C(NCCc1cccc(Cl)c1)c1ccc(Nc2ccc3c(c2)OCO3)nn1. The van der Waals surface area contributed by atoms with Gasteiger partial charge in [0, 0.05) is 23.3 Å². The standard InChI is InChI=1S/C20H17ClN4O3/c21-14-3-1-2-13(10-14)8-9-22-20(26)16-5-7-19(25-24-16)23-15-4-6-17-18(11-15)28-12-27-17/h1-7,10-11H,8-9,12H2,(H,22,26)(H,23,25). The zero-order valence-corrected chi connectivity index (χ0v) is 15.6. The van der Waals surface area contributed by atoms with Crippen molar-refractivity contribution in [3.05, 3.63) is 70.9 Å². The van der Waals surface area contributed by atoms with Gasteiger partial charge < -0.3 is 20.1 Å². The van der Waals surface area contributed by atoms with Gasteiger partial charge in [0.25, 0.3) is 5.91 Å². The molecule has 1 aliphatic heterocycles. The highest BCUT2D eigenvalue weighted by molar-refractivity contribution is 6.30. The van der Waals surface area contributed by atoms with Crippen LogP contribution in [0.15, 0.2) is 54.6 Å². The van der Waals surface area contributed by atoms with Crippen LogP contribution in [-0.2, 0) is 6.42 Å². The molecule has 3 aromatic rings. The summed E-state index contributed by atoms with van der Waals surface area (Å²) in [5.41, 5.74) is 2.10. The highest BCUT2D eigenvalue weighted by atomic mass is 35.5. The van der Waals surface area contributed by atoms with Crippen molar-refractivity contribution in [3.8, 4) is 11.5 Å². The van der Waals surface area contributed by atoms with Crippen molar-refractivity contribution < 1.29 is 14.3 Å². The molecule has 1 aliphatic rings. The van der Waals surface area contributed by atoms with E-state index >= 15 is 0 Å². The Hall–Kier alpha value is -3.32. The Bertz CT molecular complexity index is 995. The van der Waals surface area contributed by atoms with Crippen molar-refractivity contribution in [2.75, 3.05) is 18.7 Å². The minimum atomic E-state index is -0.274. The lowest BCUT2D eigenvalue weighted by molar-refractivity contribution is 0.0948. The van der Waals surface area contributed by atoms with Crippen LogP contribution in [0.25, 0.3) is 0 Å². The summed E-state index contributed by atoms with van der Waals surface area (Å²) in [7, 11) is 0. The van der Waals surface area contributed by atoms with Crippen LogP contribution in [0.4, 0.5) is 11.5 Å². The molecule has 0 spiro atoms. The zero-order valence-electron chi connectivity index (χ0n) is 14.8. The van der Waals surface area contributed by atoms with Gasteiger partial charge >= 0.3 is 0 Å². The number of hydrogen-bond acceptors (Lipinski definition) is 6. The fraction of sp³-hybridized carbons (Fsp3) is 0.150. The Morgan fingerprint density at radius 2 is 1.93 bits per heavy atom. The van der Waals surface area contributed by atoms with Crippen molar-refractivity contribution in [2.24, 2.45) is 0 Å². The molecule has 7 nitrogen and oxygen atoms in total. The molecule has 2 N–H and O–H groups in total. The molecule has 0 saturated heterocycles. The third-order valence-corrected chi connectivity index (χ3v) is 4.37. The monoisotopic (exact) mass is 396 g/mol. The summed E-state index contributed by atoms with van der Waals surface area (Å²) >= 11 is 5.96. The predicted octanol–water partition coefficient (Wildman–Crippen LogP) is 3.57. The first kappa shape index (κ1) is 18.1. The number of aromatic nitrogens is 2. The molecule has 8 heteroatoms. The molecule has 2 aromatic carbocycles. The molecule has 4 rings (SSSR count). The van der Waals surface area contributed by atoms with Crippen LogP contribution in [0.3, 0.4) is 0 Å². The Labute approximate surface area is 166 Å². The number of fused-ring (bicyclic) bond motifs is 1. The van der Waals surface area contributed by atoms with Crippen LogP contribution in [0.5, 0.6) is 11.5 Å². The van der Waals surface area contributed by atoms with E-state index in [9.17, 15) is 4.79 Å². The Kier molecular flexibility index (Phi) is 5.25. The van der Waals surface area contributed by atoms with Crippen LogP contribution < -0.4 is 20.1 Å². The summed E-state index contributed by atoms with van der Waals surface area (Å²) in [6.45, 7) is 0.706. The normalized spacial score (nSPS) is 11.9. The van der Waals surface area contributed by atoms with Gasteiger partial charge in [-0.25, -0.2) is 0 Å². The summed E-state index contributed by atoms with van der Waals surface area (Å²) < 4.78 is 10.6. The second kappa shape index (κ2) is 8.14. The molecule has 0 atom stereocenters. The van der Waals surface area contributed by atoms with E-state index in [1.54, 1.807) is 12.1 Å². The lowest BCUT2D eigenvalue weighted by Gasteiger charge is -2.07. The molecule has 0 bridgehead atoms. The number of carbonyl (C=O) groups excluding carboxylic acids is 1. The van der Waals surface area contributed by atoms with Gasteiger partial charge in [-0.05, 0) is 48.4 Å². The Morgan fingerprint density at radius 1 is 1.04 bits per heavy atom. The fourth-order valence-corrected chi connectivity index (χ4v) is 2.96. The van der Waals surface area contributed by atoms with Crippen molar-refractivity contribution in [2.45, 2.75) is 6.42 Å². The number of carbonyl (C=O) groups is 1. The molecule has 1 amide bonds. The average Bonchev–Trinajstić information content (AvgIpc) is 3.16. The van der Waals surface area contributed by atoms with E-state index in [1.807, 2.05) is 42.5 Å². The topological polar surface area (TPSA) is 85.4 Å². The van der Waals surface area contributed by atoms with E-state index in [-0.39, 0.29) is 18.4 Å². The van der Waals surface area contributed by atoms with Gasteiger partial charge in [-0.3, -0.25) is 4.79 Å². The van der Waals surface area contributed by atoms with Crippen LogP contribution in [0.1, 0.15) is 16.1 Å². The van der Waals surface area contributed by atoms with Gasteiger partial charge in [-0.15, -0.1) is 10.2 Å².